The van der Waals surface area contributed by atoms with Crippen LogP contribution in [0.4, 0.5) is 32.2 Å². The first-order chi connectivity index (χ1) is 21.7. The predicted octanol–water partition coefficient (Wildman–Crippen LogP) is 5.82. The fraction of sp³-hybridized carbons (Fsp3) is 0.167. The van der Waals surface area contributed by atoms with Crippen LogP contribution in [-0.2, 0) is 32.0 Å². The Labute approximate surface area is 285 Å². The van der Waals surface area contributed by atoms with E-state index >= 15 is 0 Å². The third kappa shape index (κ3) is 7.69. The minimum absolute atomic E-state index is 0.268. The summed E-state index contributed by atoms with van der Waals surface area (Å²) in [7, 11) is -7.99. The van der Waals surface area contributed by atoms with E-state index in [4.69, 9.17) is 62.7 Å². The molecule has 0 saturated carbocycles. The summed E-state index contributed by atoms with van der Waals surface area (Å²) in [5.41, 5.74) is 0.475. The molecule has 0 amide bonds. The van der Waals surface area contributed by atoms with Gasteiger partial charge in [0.2, 0.25) is 0 Å². The quantitative estimate of drug-likeness (QED) is 0.239. The van der Waals surface area contributed by atoms with Crippen molar-refractivity contribution in [1.82, 2.24) is 19.6 Å². The monoisotopic (exact) mass is 797 g/mol. The molecule has 0 atom stereocenters. The molecule has 0 spiro atoms. The van der Waals surface area contributed by atoms with Crippen molar-refractivity contribution in [3.05, 3.63) is 77.2 Å². The molecule has 0 aliphatic heterocycles. The van der Waals surface area contributed by atoms with Crippen LogP contribution in [0.25, 0.3) is 11.4 Å². The minimum Gasteiger partial charge on any atom is -0.382 e. The molecule has 0 unspecified atom stereocenters. The van der Waals surface area contributed by atoms with Gasteiger partial charge in [-0.15, -0.1) is 0 Å². The van der Waals surface area contributed by atoms with Crippen LogP contribution in [0, 0.1) is 22.7 Å². The van der Waals surface area contributed by atoms with Crippen molar-refractivity contribution in [2.45, 2.75) is 22.1 Å². The van der Waals surface area contributed by atoms with E-state index in [0.29, 0.717) is 35.2 Å². The lowest BCUT2D eigenvalue weighted by Gasteiger charge is -2.13. The summed E-state index contributed by atoms with van der Waals surface area (Å²) >= 11 is 23.2. The maximum absolute atomic E-state index is 12.8. The number of nitriles is 2. The minimum atomic E-state index is -4.72. The van der Waals surface area contributed by atoms with Crippen LogP contribution in [0.1, 0.15) is 22.5 Å². The number of halogens is 10. The molecule has 4 rings (SSSR count). The van der Waals surface area contributed by atoms with Gasteiger partial charge in [-0.2, -0.15) is 42.0 Å². The first-order valence-electron chi connectivity index (χ1n) is 11.8. The van der Waals surface area contributed by atoms with Crippen molar-refractivity contribution in [2.24, 2.45) is 0 Å². The summed E-state index contributed by atoms with van der Waals surface area (Å²) < 4.78 is 124. The molecule has 0 aliphatic carbocycles. The van der Waals surface area contributed by atoms with Gasteiger partial charge in [-0.1, -0.05) is 46.4 Å². The topological polar surface area (TPSA) is 197 Å². The smallest absolute Gasteiger partial charge is 0.382 e. The summed E-state index contributed by atoms with van der Waals surface area (Å²) in [6, 6.07) is 5.28. The zero-order valence-corrected chi connectivity index (χ0v) is 27.9. The molecular weight excluding hydrogens is 786 g/mol. The lowest BCUT2D eigenvalue weighted by Crippen LogP contribution is -2.20. The van der Waals surface area contributed by atoms with Gasteiger partial charge in [-0.25, -0.2) is 26.2 Å². The fourth-order valence-electron chi connectivity index (χ4n) is 3.90. The molecule has 0 bridgehead atoms. The summed E-state index contributed by atoms with van der Waals surface area (Å²) in [6.45, 7) is 0. The molecule has 12 nitrogen and oxygen atoms in total. The van der Waals surface area contributed by atoms with Gasteiger partial charge in [0.1, 0.15) is 34.2 Å². The maximum Gasteiger partial charge on any atom is 0.416 e. The van der Waals surface area contributed by atoms with Crippen molar-refractivity contribution < 1.29 is 43.2 Å². The second-order valence-electron chi connectivity index (χ2n) is 9.27. The van der Waals surface area contributed by atoms with Crippen LogP contribution in [0.5, 0.6) is 0 Å². The highest BCUT2D eigenvalue weighted by molar-refractivity contribution is 7.91. The summed E-state index contributed by atoms with van der Waals surface area (Å²) in [4.78, 5) is 10.8. The number of H-pyrrole nitrogens is 1. The number of aromatic nitrogens is 4. The van der Waals surface area contributed by atoms with Crippen LogP contribution < -0.4 is 11.3 Å². The summed E-state index contributed by atoms with van der Waals surface area (Å²) in [5, 5.41) is 21.8. The van der Waals surface area contributed by atoms with E-state index in [-0.39, 0.29) is 5.69 Å². The zero-order chi connectivity index (χ0) is 36.9. The Morgan fingerprint density at radius 1 is 0.771 bits per heavy atom. The third-order valence-electron chi connectivity index (χ3n) is 5.81. The second-order valence-corrected chi connectivity index (χ2v) is 14.8. The molecule has 0 saturated heterocycles. The Balaban J connectivity index is 0.000000260. The Bertz CT molecular complexity index is 2290. The number of nitrogens with two attached hydrogens (primary N) is 1. The van der Waals surface area contributed by atoms with E-state index in [1.165, 1.54) is 6.07 Å². The molecule has 2 heterocycles. The van der Waals surface area contributed by atoms with E-state index in [0.717, 1.165) is 10.9 Å². The number of rotatable bonds is 4. The Morgan fingerprint density at radius 2 is 1.17 bits per heavy atom. The van der Waals surface area contributed by atoms with Gasteiger partial charge < -0.3 is 5.73 Å². The normalized spacial score (nSPS) is 12.2. The standard InChI is InChI=1S/C12H7Cl2F3N4O2S.C12H6Cl2F3N3O3S/c1-24(22,23)10-8(4-18)20-21(11(10)19)9-6(13)2-5(3-7(9)14)12(15,16)17;1-24(22,23)10-8(4-18)19-20(11(10)21)9-6(13)2-5(3-7(9)14)12(15,16)17/h2-3H,19H2,1H3;2-3,19H,1H3. The van der Waals surface area contributed by atoms with Gasteiger partial charge in [0.05, 0.1) is 31.2 Å². The van der Waals surface area contributed by atoms with E-state index in [1.807, 2.05) is 0 Å². The van der Waals surface area contributed by atoms with Gasteiger partial charge in [0.25, 0.3) is 5.56 Å². The van der Waals surface area contributed by atoms with Crippen LogP contribution in [0.3, 0.4) is 0 Å². The number of benzene rings is 2. The molecule has 0 fully saturated rings. The first-order valence-corrected chi connectivity index (χ1v) is 17.1. The van der Waals surface area contributed by atoms with Gasteiger partial charge in [0.15, 0.2) is 36.0 Å². The van der Waals surface area contributed by atoms with E-state index in [1.54, 1.807) is 6.07 Å². The zero-order valence-electron chi connectivity index (χ0n) is 23.3. The average molecular weight is 799 g/mol. The Hall–Kier alpha value is -3.92. The van der Waals surface area contributed by atoms with Crippen molar-refractivity contribution >= 4 is 71.9 Å². The van der Waals surface area contributed by atoms with E-state index in [9.17, 15) is 48.0 Å². The van der Waals surface area contributed by atoms with Crippen molar-refractivity contribution in [1.29, 1.82) is 10.5 Å². The molecule has 4 aromatic rings. The number of aromatic amines is 1. The van der Waals surface area contributed by atoms with Crippen LogP contribution in [0.2, 0.25) is 20.1 Å². The number of nitrogens with one attached hydrogen (secondary N) is 1. The molecule has 3 N–H and O–H groups in total. The lowest BCUT2D eigenvalue weighted by molar-refractivity contribution is -0.138. The largest absolute Gasteiger partial charge is 0.416 e. The second kappa shape index (κ2) is 13.2. The van der Waals surface area contributed by atoms with Crippen molar-refractivity contribution in [3.8, 4) is 23.5 Å². The number of nitrogens with zero attached hydrogens (tertiary/aromatic N) is 5. The molecule has 2 aromatic carbocycles. The highest BCUT2D eigenvalue weighted by Crippen LogP contribution is 2.40. The molecular formula is C24H13Cl4F6N7O5S2. The lowest BCUT2D eigenvalue weighted by atomic mass is 10.2. The van der Waals surface area contributed by atoms with E-state index < -0.39 is 101 Å². The molecule has 2 aromatic heterocycles. The predicted molar refractivity (Wildman–Crippen MR) is 160 cm³/mol. The van der Waals surface area contributed by atoms with E-state index in [2.05, 4.69) is 10.2 Å². The fourth-order valence-corrected chi connectivity index (χ4v) is 6.98. The number of anilines is 1. The number of hydrogen-bond donors (Lipinski definition) is 2. The number of alkyl halides is 6. The van der Waals surface area contributed by atoms with Crippen LogP contribution in [0.15, 0.2) is 38.9 Å². The molecule has 24 heteroatoms. The maximum atomic E-state index is 12.8. The van der Waals surface area contributed by atoms with Gasteiger partial charge >= 0.3 is 12.4 Å². The molecule has 48 heavy (non-hydrogen) atoms. The van der Waals surface area contributed by atoms with Gasteiger partial charge in [-0.05, 0) is 24.3 Å². The number of nitrogen functional groups attached to an aromatic ring is 1. The van der Waals surface area contributed by atoms with Crippen molar-refractivity contribution in [2.75, 3.05) is 18.2 Å². The summed E-state index contributed by atoms with van der Waals surface area (Å²) in [6.07, 6.45) is -7.89. The average Bonchev–Trinajstić information content (AvgIpc) is 3.43. The van der Waals surface area contributed by atoms with Gasteiger partial charge in [0, 0.05) is 12.5 Å². The molecule has 0 aliphatic rings. The van der Waals surface area contributed by atoms with Crippen LogP contribution >= 0.6 is 46.4 Å². The van der Waals surface area contributed by atoms with Crippen molar-refractivity contribution in [3.63, 3.8) is 0 Å². The third-order valence-corrected chi connectivity index (χ3v) is 9.22. The SMILES string of the molecule is CS(=O)(=O)c1c(C#N)[nH]n(-c2c(Cl)cc(C(F)(F)F)cc2Cl)c1=O.CS(=O)(=O)c1c(C#N)nn(-c2c(Cl)cc(C(F)(F)F)cc2Cl)c1N. The number of sulfone groups is 2. The highest BCUT2D eigenvalue weighted by Gasteiger charge is 2.35. The summed E-state index contributed by atoms with van der Waals surface area (Å²) in [5.74, 6) is -0.488. The van der Waals surface area contributed by atoms with Gasteiger partial charge in [-0.3, -0.25) is 9.89 Å². The molecule has 256 valence electrons. The molecule has 0 radical (unpaired) electrons. The first kappa shape index (κ1) is 38.5. The van der Waals surface area contributed by atoms with Crippen LogP contribution in [-0.4, -0.2) is 48.9 Å². The Morgan fingerprint density at radius 3 is 1.46 bits per heavy atom. The Kier molecular flexibility index (Phi) is 10.6. The number of hydrogen-bond acceptors (Lipinski definition) is 9. The highest BCUT2D eigenvalue weighted by atomic mass is 35.5.